The molecule has 6 nitrogen and oxygen atoms in total. The van der Waals surface area contributed by atoms with E-state index in [9.17, 15) is 9.59 Å². The summed E-state index contributed by atoms with van der Waals surface area (Å²) in [6.07, 6.45) is 1.70. The first-order valence-corrected chi connectivity index (χ1v) is 6.30. The van der Waals surface area contributed by atoms with Crippen molar-refractivity contribution in [3.8, 4) is 0 Å². The molecule has 0 spiro atoms. The van der Waals surface area contributed by atoms with Gasteiger partial charge in [0.15, 0.2) is 5.11 Å². The normalized spacial score (nSPS) is 19.9. The van der Waals surface area contributed by atoms with Crippen molar-refractivity contribution in [3.05, 3.63) is 0 Å². The van der Waals surface area contributed by atoms with E-state index in [4.69, 9.17) is 17.0 Å². The Morgan fingerprint density at radius 2 is 2.28 bits per heavy atom. The quantitative estimate of drug-likeness (QED) is 0.405. The van der Waals surface area contributed by atoms with Gasteiger partial charge in [-0.3, -0.25) is 14.5 Å². The van der Waals surface area contributed by atoms with Crippen molar-refractivity contribution < 1.29 is 14.3 Å². The summed E-state index contributed by atoms with van der Waals surface area (Å²) in [7, 11) is 3.14. The Bertz CT molecular complexity index is 335. The Hall–Kier alpha value is -1.21. The number of nitrogens with zero attached hydrogens (tertiary/aromatic N) is 1. The minimum atomic E-state index is -0.407. The van der Waals surface area contributed by atoms with Gasteiger partial charge in [0.1, 0.15) is 6.04 Å². The molecular formula is C11H19N3O3S. The van der Waals surface area contributed by atoms with Crippen LogP contribution in [-0.2, 0) is 14.3 Å². The summed E-state index contributed by atoms with van der Waals surface area (Å²) >= 11 is 5.09. The highest BCUT2D eigenvalue weighted by molar-refractivity contribution is 7.80. The van der Waals surface area contributed by atoms with Gasteiger partial charge in [0.05, 0.1) is 0 Å². The molecule has 1 fully saturated rings. The van der Waals surface area contributed by atoms with Gasteiger partial charge >= 0.3 is 0 Å². The molecular weight excluding hydrogens is 254 g/mol. The summed E-state index contributed by atoms with van der Waals surface area (Å²) in [5, 5.41) is 6.37. The summed E-state index contributed by atoms with van der Waals surface area (Å²) in [4.78, 5) is 24.2. The van der Waals surface area contributed by atoms with E-state index in [0.29, 0.717) is 31.1 Å². The number of likely N-dealkylation sites (tertiary alicyclic amines) is 1. The fourth-order valence-corrected chi connectivity index (χ4v) is 1.92. The Kier molecular flexibility index (Phi) is 6.00. The number of nitrogens with one attached hydrogen (secondary N) is 2. The van der Waals surface area contributed by atoms with E-state index in [-0.39, 0.29) is 11.8 Å². The van der Waals surface area contributed by atoms with E-state index < -0.39 is 6.04 Å². The zero-order chi connectivity index (χ0) is 13.5. The lowest BCUT2D eigenvalue weighted by atomic mass is 10.1. The molecule has 0 aliphatic carbocycles. The number of hydrogen-bond donors (Lipinski definition) is 2. The molecule has 1 atom stereocenters. The van der Waals surface area contributed by atoms with Gasteiger partial charge < -0.3 is 15.4 Å². The molecule has 1 unspecified atom stereocenters. The monoisotopic (exact) mass is 273 g/mol. The standard InChI is InChI=1S/C11H19N3O3S/c1-14-9(15)5-4-8(10(14)16)13-11(18)12-6-3-7-17-2/h8H,3-7H2,1-2H3,(H2,12,13,18). The maximum atomic E-state index is 11.8. The SMILES string of the molecule is COCCCNC(=S)NC1CCC(=O)N(C)C1=O. The maximum absolute atomic E-state index is 11.8. The fraction of sp³-hybridized carbons (Fsp3) is 0.727. The minimum Gasteiger partial charge on any atom is -0.385 e. The number of carbonyl (C=O) groups is 2. The third-order valence-electron chi connectivity index (χ3n) is 2.77. The highest BCUT2D eigenvalue weighted by atomic mass is 32.1. The smallest absolute Gasteiger partial charge is 0.251 e. The first-order valence-electron chi connectivity index (χ1n) is 5.90. The molecule has 0 aromatic heterocycles. The highest BCUT2D eigenvalue weighted by Gasteiger charge is 2.31. The number of rotatable bonds is 5. The van der Waals surface area contributed by atoms with Crippen LogP contribution >= 0.6 is 12.2 Å². The molecule has 1 aliphatic rings. The zero-order valence-electron chi connectivity index (χ0n) is 10.7. The average Bonchev–Trinajstić information content (AvgIpc) is 2.35. The average molecular weight is 273 g/mol. The molecule has 1 rings (SSSR count). The van der Waals surface area contributed by atoms with E-state index in [1.807, 2.05) is 0 Å². The molecule has 1 aliphatic heterocycles. The predicted molar refractivity (Wildman–Crippen MR) is 71.0 cm³/mol. The van der Waals surface area contributed by atoms with Crippen molar-refractivity contribution in [2.75, 3.05) is 27.3 Å². The van der Waals surface area contributed by atoms with Crippen molar-refractivity contribution in [2.24, 2.45) is 0 Å². The van der Waals surface area contributed by atoms with Crippen LogP contribution in [0.3, 0.4) is 0 Å². The second-order valence-corrected chi connectivity index (χ2v) is 4.54. The summed E-state index contributed by atoms with van der Waals surface area (Å²) < 4.78 is 4.91. The largest absolute Gasteiger partial charge is 0.385 e. The van der Waals surface area contributed by atoms with Crippen molar-refractivity contribution >= 4 is 29.1 Å². The van der Waals surface area contributed by atoms with Gasteiger partial charge in [-0.2, -0.15) is 0 Å². The Morgan fingerprint density at radius 1 is 1.56 bits per heavy atom. The molecule has 1 saturated heterocycles. The number of amides is 2. The lowest BCUT2D eigenvalue weighted by molar-refractivity contribution is -0.147. The molecule has 1 heterocycles. The van der Waals surface area contributed by atoms with Crippen LogP contribution in [0.5, 0.6) is 0 Å². The lowest BCUT2D eigenvalue weighted by Crippen LogP contribution is -2.54. The molecule has 0 aromatic carbocycles. The van der Waals surface area contributed by atoms with Gasteiger partial charge in [-0.1, -0.05) is 0 Å². The number of methoxy groups -OCH3 is 1. The van der Waals surface area contributed by atoms with Crippen LogP contribution < -0.4 is 10.6 Å². The van der Waals surface area contributed by atoms with Crippen LogP contribution in [-0.4, -0.2) is 55.2 Å². The molecule has 102 valence electrons. The molecule has 0 saturated carbocycles. The van der Waals surface area contributed by atoms with Gasteiger partial charge in [-0.15, -0.1) is 0 Å². The number of ether oxygens (including phenoxy) is 1. The molecule has 7 heteroatoms. The molecule has 0 aromatic rings. The lowest BCUT2D eigenvalue weighted by Gasteiger charge is -2.29. The first kappa shape index (κ1) is 14.8. The number of thiocarbonyl (C=S) groups is 1. The third kappa shape index (κ3) is 4.23. The second kappa shape index (κ2) is 7.27. The van der Waals surface area contributed by atoms with Crippen LogP contribution in [0.2, 0.25) is 0 Å². The van der Waals surface area contributed by atoms with Crippen molar-refractivity contribution in [1.29, 1.82) is 0 Å². The molecule has 2 N–H and O–H groups in total. The Morgan fingerprint density at radius 3 is 2.94 bits per heavy atom. The van der Waals surface area contributed by atoms with Crippen molar-refractivity contribution in [3.63, 3.8) is 0 Å². The number of likely N-dealkylation sites (N-methyl/N-ethyl adjacent to an activating group) is 1. The van der Waals surface area contributed by atoms with Crippen molar-refractivity contribution in [1.82, 2.24) is 15.5 Å². The van der Waals surface area contributed by atoms with Crippen LogP contribution in [0.4, 0.5) is 0 Å². The van der Waals surface area contributed by atoms with Gasteiger partial charge in [0.25, 0.3) is 5.91 Å². The molecule has 18 heavy (non-hydrogen) atoms. The van der Waals surface area contributed by atoms with E-state index in [0.717, 1.165) is 11.3 Å². The number of hydrogen-bond acceptors (Lipinski definition) is 4. The number of carbonyl (C=O) groups excluding carboxylic acids is 2. The maximum Gasteiger partial charge on any atom is 0.251 e. The van der Waals surface area contributed by atoms with Crippen molar-refractivity contribution in [2.45, 2.75) is 25.3 Å². The predicted octanol–water partition coefficient (Wildman–Crippen LogP) is -0.366. The van der Waals surface area contributed by atoms with Gasteiger partial charge in [0, 0.05) is 33.7 Å². The second-order valence-electron chi connectivity index (χ2n) is 4.13. The summed E-state index contributed by atoms with van der Waals surface area (Å²) in [5.74, 6) is -0.371. The summed E-state index contributed by atoms with van der Waals surface area (Å²) in [6, 6.07) is -0.407. The Balaban J connectivity index is 2.31. The minimum absolute atomic E-state index is 0.142. The summed E-state index contributed by atoms with van der Waals surface area (Å²) in [6.45, 7) is 1.35. The molecule has 0 bridgehead atoms. The first-order chi connectivity index (χ1) is 8.56. The highest BCUT2D eigenvalue weighted by Crippen LogP contribution is 2.11. The topological polar surface area (TPSA) is 70.7 Å². The van der Waals surface area contributed by atoms with Crippen LogP contribution in [0.25, 0.3) is 0 Å². The van der Waals surface area contributed by atoms with E-state index in [2.05, 4.69) is 10.6 Å². The Labute approximate surface area is 112 Å². The molecule has 2 amide bonds. The van der Waals surface area contributed by atoms with Crippen LogP contribution in [0, 0.1) is 0 Å². The number of piperidine rings is 1. The van der Waals surface area contributed by atoms with Gasteiger partial charge in [0.2, 0.25) is 5.91 Å². The van der Waals surface area contributed by atoms with Crippen LogP contribution in [0.1, 0.15) is 19.3 Å². The zero-order valence-corrected chi connectivity index (χ0v) is 11.5. The number of imide groups is 1. The van der Waals surface area contributed by atoms with E-state index >= 15 is 0 Å². The third-order valence-corrected chi connectivity index (χ3v) is 3.03. The van der Waals surface area contributed by atoms with E-state index in [1.165, 1.54) is 7.05 Å². The fourth-order valence-electron chi connectivity index (χ4n) is 1.68. The van der Waals surface area contributed by atoms with E-state index in [1.54, 1.807) is 7.11 Å². The van der Waals surface area contributed by atoms with Crippen LogP contribution in [0.15, 0.2) is 0 Å². The van der Waals surface area contributed by atoms with Gasteiger partial charge in [-0.05, 0) is 25.1 Å². The van der Waals surface area contributed by atoms with Gasteiger partial charge in [-0.25, -0.2) is 0 Å². The summed E-state index contributed by atoms with van der Waals surface area (Å²) in [5.41, 5.74) is 0. The molecule has 0 radical (unpaired) electrons.